The zero-order valence-electron chi connectivity index (χ0n) is 8.42. The van der Waals surface area contributed by atoms with Crippen LogP contribution in [0.15, 0.2) is 36.4 Å². The predicted molar refractivity (Wildman–Crippen MR) is 59.3 cm³/mol. The average Bonchev–Trinajstić information content (AvgIpc) is 2.29. The Bertz CT molecular complexity index is 586. The fourth-order valence-electron chi connectivity index (χ4n) is 1.52. The summed E-state index contributed by atoms with van der Waals surface area (Å²) in [6.07, 6.45) is 0. The van der Waals surface area contributed by atoms with Gasteiger partial charge in [-0.25, -0.2) is 0 Å². The highest BCUT2D eigenvalue weighted by Gasteiger charge is 2.18. The maximum absolute atomic E-state index is 11.0. The summed E-state index contributed by atoms with van der Waals surface area (Å²) in [5.41, 5.74) is 6.27. The number of pyridine rings is 1. The van der Waals surface area contributed by atoms with Gasteiger partial charge in [0.2, 0.25) is 5.91 Å². The third kappa shape index (κ3) is 1.71. The van der Waals surface area contributed by atoms with Crippen molar-refractivity contribution < 1.29 is 4.79 Å². The van der Waals surface area contributed by atoms with E-state index < -0.39 is 11.8 Å². The summed E-state index contributed by atoms with van der Waals surface area (Å²) in [6, 6.07) is 12.8. The van der Waals surface area contributed by atoms with E-state index in [0.717, 1.165) is 10.9 Å². The molecule has 1 atom stereocenters. The van der Waals surface area contributed by atoms with Gasteiger partial charge in [0, 0.05) is 5.39 Å². The monoisotopic (exact) mass is 211 g/mol. The van der Waals surface area contributed by atoms with Gasteiger partial charge in [0.25, 0.3) is 0 Å². The number of carbonyl (C=O) groups is 1. The van der Waals surface area contributed by atoms with Gasteiger partial charge in [-0.2, -0.15) is 5.26 Å². The fraction of sp³-hybridized carbons (Fsp3) is 0.0833. The highest BCUT2D eigenvalue weighted by atomic mass is 16.1. The van der Waals surface area contributed by atoms with Crippen molar-refractivity contribution in [3.05, 3.63) is 42.1 Å². The van der Waals surface area contributed by atoms with Crippen LogP contribution in [-0.4, -0.2) is 10.9 Å². The van der Waals surface area contributed by atoms with Crippen LogP contribution in [0.4, 0.5) is 0 Å². The lowest BCUT2D eigenvalue weighted by atomic mass is 10.0. The number of hydrogen-bond acceptors (Lipinski definition) is 3. The molecule has 0 radical (unpaired) electrons. The minimum Gasteiger partial charge on any atom is -0.368 e. The number of carbonyl (C=O) groups excluding carboxylic acids is 1. The molecule has 0 aliphatic heterocycles. The largest absolute Gasteiger partial charge is 0.368 e. The van der Waals surface area contributed by atoms with Crippen LogP contribution < -0.4 is 5.73 Å². The molecule has 1 amide bonds. The second kappa shape index (κ2) is 3.99. The van der Waals surface area contributed by atoms with Crippen LogP contribution in [0.1, 0.15) is 11.6 Å². The van der Waals surface area contributed by atoms with Crippen molar-refractivity contribution in [3.8, 4) is 6.07 Å². The van der Waals surface area contributed by atoms with Gasteiger partial charge in [-0.05, 0) is 12.1 Å². The van der Waals surface area contributed by atoms with E-state index in [1.165, 1.54) is 0 Å². The molecule has 2 aromatic rings. The Kier molecular flexibility index (Phi) is 2.52. The minimum atomic E-state index is -0.982. The Hall–Kier alpha value is -2.41. The molecule has 0 saturated heterocycles. The summed E-state index contributed by atoms with van der Waals surface area (Å²) in [6.45, 7) is 0. The van der Waals surface area contributed by atoms with E-state index in [1.807, 2.05) is 36.4 Å². The highest BCUT2D eigenvalue weighted by molar-refractivity contribution is 5.86. The zero-order chi connectivity index (χ0) is 11.5. The Morgan fingerprint density at radius 2 is 2.06 bits per heavy atom. The molecule has 4 heteroatoms. The molecule has 1 unspecified atom stereocenters. The number of aromatic nitrogens is 1. The van der Waals surface area contributed by atoms with Crippen molar-refractivity contribution in [3.63, 3.8) is 0 Å². The first-order valence-corrected chi connectivity index (χ1v) is 4.77. The van der Waals surface area contributed by atoms with E-state index in [4.69, 9.17) is 11.0 Å². The first kappa shape index (κ1) is 10.1. The third-order valence-electron chi connectivity index (χ3n) is 2.33. The summed E-state index contributed by atoms with van der Waals surface area (Å²) in [7, 11) is 0. The van der Waals surface area contributed by atoms with Gasteiger partial charge in [-0.15, -0.1) is 0 Å². The molecule has 0 aliphatic carbocycles. The van der Waals surface area contributed by atoms with Gasteiger partial charge in [0.15, 0.2) is 5.92 Å². The first-order valence-electron chi connectivity index (χ1n) is 4.77. The van der Waals surface area contributed by atoms with Crippen LogP contribution in [0.5, 0.6) is 0 Å². The number of nitrogens with zero attached hydrogens (tertiary/aromatic N) is 2. The predicted octanol–water partition coefficient (Wildman–Crippen LogP) is 1.33. The van der Waals surface area contributed by atoms with Crippen LogP contribution in [-0.2, 0) is 4.79 Å². The second-order valence-corrected chi connectivity index (χ2v) is 3.39. The smallest absolute Gasteiger partial charge is 0.240 e. The summed E-state index contributed by atoms with van der Waals surface area (Å²) >= 11 is 0. The molecular formula is C12H9N3O. The maximum atomic E-state index is 11.0. The molecule has 1 aromatic heterocycles. The molecule has 16 heavy (non-hydrogen) atoms. The van der Waals surface area contributed by atoms with Gasteiger partial charge >= 0.3 is 0 Å². The van der Waals surface area contributed by atoms with E-state index >= 15 is 0 Å². The number of primary amides is 1. The van der Waals surface area contributed by atoms with Gasteiger partial charge in [0.05, 0.1) is 17.3 Å². The molecular weight excluding hydrogens is 202 g/mol. The topological polar surface area (TPSA) is 79.8 Å². The van der Waals surface area contributed by atoms with Gasteiger partial charge < -0.3 is 5.73 Å². The fourth-order valence-corrected chi connectivity index (χ4v) is 1.52. The Morgan fingerprint density at radius 3 is 2.75 bits per heavy atom. The van der Waals surface area contributed by atoms with Gasteiger partial charge in [0.1, 0.15) is 0 Å². The lowest BCUT2D eigenvalue weighted by molar-refractivity contribution is -0.118. The normalized spacial score (nSPS) is 11.9. The highest BCUT2D eigenvalue weighted by Crippen LogP contribution is 2.17. The standard InChI is InChI=1S/C12H9N3O/c13-7-9(12(14)16)11-6-5-8-3-1-2-4-10(8)15-11/h1-6,9H,(H2,14,16). The molecule has 0 saturated carbocycles. The lowest BCUT2D eigenvalue weighted by Gasteiger charge is -2.05. The summed E-state index contributed by atoms with van der Waals surface area (Å²) in [4.78, 5) is 15.3. The van der Waals surface area contributed by atoms with Crippen LogP contribution in [0.2, 0.25) is 0 Å². The van der Waals surface area contributed by atoms with E-state index in [2.05, 4.69) is 4.98 Å². The van der Waals surface area contributed by atoms with Crippen molar-refractivity contribution >= 4 is 16.8 Å². The number of para-hydroxylation sites is 1. The molecule has 4 nitrogen and oxygen atoms in total. The number of nitriles is 1. The lowest BCUT2D eigenvalue weighted by Crippen LogP contribution is -2.20. The van der Waals surface area contributed by atoms with Crippen LogP contribution >= 0.6 is 0 Å². The maximum Gasteiger partial charge on any atom is 0.240 e. The SMILES string of the molecule is N#CC(C(N)=O)c1ccc2ccccc2n1. The van der Waals surface area contributed by atoms with Crippen molar-refractivity contribution in [1.82, 2.24) is 4.98 Å². The van der Waals surface area contributed by atoms with E-state index in [0.29, 0.717) is 5.69 Å². The molecule has 0 aliphatic rings. The summed E-state index contributed by atoms with van der Waals surface area (Å²) in [5.74, 6) is -1.66. The van der Waals surface area contributed by atoms with Crippen molar-refractivity contribution in [2.45, 2.75) is 5.92 Å². The summed E-state index contributed by atoms with van der Waals surface area (Å²) in [5, 5.41) is 9.80. The number of benzene rings is 1. The third-order valence-corrected chi connectivity index (χ3v) is 2.33. The first-order chi connectivity index (χ1) is 7.72. The number of fused-ring (bicyclic) bond motifs is 1. The molecule has 2 N–H and O–H groups in total. The van der Waals surface area contributed by atoms with Gasteiger partial charge in [-0.3, -0.25) is 9.78 Å². The van der Waals surface area contributed by atoms with E-state index in [1.54, 1.807) is 6.07 Å². The van der Waals surface area contributed by atoms with Crippen LogP contribution in [0, 0.1) is 11.3 Å². The van der Waals surface area contributed by atoms with Crippen molar-refractivity contribution in [2.75, 3.05) is 0 Å². The quantitative estimate of drug-likeness (QED) is 0.813. The molecule has 0 bridgehead atoms. The molecule has 1 aromatic carbocycles. The van der Waals surface area contributed by atoms with Gasteiger partial charge in [-0.1, -0.05) is 24.3 Å². The second-order valence-electron chi connectivity index (χ2n) is 3.39. The Balaban J connectivity index is 2.55. The Labute approximate surface area is 92.3 Å². The number of amides is 1. The van der Waals surface area contributed by atoms with Crippen LogP contribution in [0.25, 0.3) is 10.9 Å². The van der Waals surface area contributed by atoms with Crippen LogP contribution in [0.3, 0.4) is 0 Å². The number of hydrogen-bond donors (Lipinski definition) is 1. The van der Waals surface area contributed by atoms with Crippen molar-refractivity contribution in [1.29, 1.82) is 5.26 Å². The number of nitrogens with two attached hydrogens (primary N) is 1. The number of rotatable bonds is 2. The zero-order valence-corrected chi connectivity index (χ0v) is 8.42. The van der Waals surface area contributed by atoms with E-state index in [9.17, 15) is 4.79 Å². The molecule has 2 rings (SSSR count). The molecule has 0 fully saturated rings. The molecule has 1 heterocycles. The Morgan fingerprint density at radius 1 is 1.31 bits per heavy atom. The molecule has 78 valence electrons. The van der Waals surface area contributed by atoms with E-state index in [-0.39, 0.29) is 0 Å². The van der Waals surface area contributed by atoms with Crippen molar-refractivity contribution in [2.24, 2.45) is 5.73 Å². The minimum absolute atomic E-state index is 0.397. The molecule has 0 spiro atoms. The summed E-state index contributed by atoms with van der Waals surface area (Å²) < 4.78 is 0. The average molecular weight is 211 g/mol.